The van der Waals surface area contributed by atoms with Crippen molar-refractivity contribution in [3.8, 4) is 17.2 Å². The van der Waals surface area contributed by atoms with Crippen LogP contribution in [0.25, 0.3) is 0 Å². The maximum Gasteiger partial charge on any atom is 0.321 e. The van der Waals surface area contributed by atoms with Crippen LogP contribution in [0.2, 0.25) is 10.0 Å². The summed E-state index contributed by atoms with van der Waals surface area (Å²) in [6, 6.07) is 8.17. The van der Waals surface area contributed by atoms with Crippen molar-refractivity contribution in [3.05, 3.63) is 45.9 Å². The maximum absolute atomic E-state index is 12.4. The van der Waals surface area contributed by atoms with E-state index in [-0.39, 0.29) is 6.03 Å². The summed E-state index contributed by atoms with van der Waals surface area (Å²) in [6.07, 6.45) is 0. The molecule has 2 amide bonds. The highest BCUT2D eigenvalue weighted by atomic mass is 35.5. The molecule has 0 aliphatic heterocycles. The highest BCUT2D eigenvalue weighted by Gasteiger charge is 2.18. The number of urea groups is 1. The molecule has 140 valence electrons. The molecule has 0 saturated heterocycles. The lowest BCUT2D eigenvalue weighted by Crippen LogP contribution is -2.31. The Hall–Kier alpha value is -2.31. The number of anilines is 1. The first kappa shape index (κ1) is 20.0. The molecule has 0 radical (unpaired) electrons. The van der Waals surface area contributed by atoms with E-state index in [9.17, 15) is 4.79 Å². The van der Waals surface area contributed by atoms with Crippen LogP contribution < -0.4 is 19.5 Å². The van der Waals surface area contributed by atoms with Gasteiger partial charge in [-0.2, -0.15) is 0 Å². The Labute approximate surface area is 162 Å². The molecule has 2 aromatic carbocycles. The molecular weight excluding hydrogens is 379 g/mol. The molecule has 0 saturated carbocycles. The summed E-state index contributed by atoms with van der Waals surface area (Å²) < 4.78 is 16.1. The maximum atomic E-state index is 12.4. The van der Waals surface area contributed by atoms with Gasteiger partial charge in [0.05, 0.1) is 37.9 Å². The van der Waals surface area contributed by atoms with Gasteiger partial charge in [0.1, 0.15) is 0 Å². The van der Waals surface area contributed by atoms with Gasteiger partial charge in [-0.05, 0) is 30.3 Å². The van der Waals surface area contributed by atoms with Gasteiger partial charge in [0.2, 0.25) is 5.75 Å². The zero-order valence-corrected chi connectivity index (χ0v) is 16.4. The van der Waals surface area contributed by atoms with Crippen molar-refractivity contribution in [2.24, 2.45) is 0 Å². The van der Waals surface area contributed by atoms with Crippen LogP contribution in [-0.4, -0.2) is 39.3 Å². The normalized spacial score (nSPS) is 10.2. The summed E-state index contributed by atoms with van der Waals surface area (Å²) in [6.45, 7) is 0.302. The van der Waals surface area contributed by atoms with E-state index in [1.54, 1.807) is 38.4 Å². The molecule has 0 fully saturated rings. The quantitative estimate of drug-likeness (QED) is 0.766. The van der Waals surface area contributed by atoms with E-state index in [0.717, 1.165) is 5.56 Å². The molecule has 0 aromatic heterocycles. The zero-order valence-electron chi connectivity index (χ0n) is 14.9. The van der Waals surface area contributed by atoms with Gasteiger partial charge in [-0.25, -0.2) is 4.79 Å². The van der Waals surface area contributed by atoms with E-state index in [2.05, 4.69) is 5.32 Å². The molecule has 1 N–H and O–H groups in total. The predicted octanol–water partition coefficient (Wildman–Crippen LogP) is 4.68. The molecule has 0 atom stereocenters. The molecule has 2 aromatic rings. The Morgan fingerprint density at radius 2 is 1.69 bits per heavy atom. The Balaban J connectivity index is 2.16. The molecule has 0 unspecified atom stereocenters. The number of ether oxygens (including phenoxy) is 3. The van der Waals surface area contributed by atoms with Crippen molar-refractivity contribution >= 4 is 34.9 Å². The lowest BCUT2D eigenvalue weighted by molar-refractivity contribution is 0.220. The summed E-state index contributed by atoms with van der Waals surface area (Å²) in [5, 5.41) is 3.56. The van der Waals surface area contributed by atoms with Crippen LogP contribution in [0, 0.1) is 0 Å². The first-order chi connectivity index (χ1) is 12.4. The molecule has 0 aliphatic rings. The lowest BCUT2D eigenvalue weighted by Gasteiger charge is -2.21. The minimum atomic E-state index is -0.305. The Morgan fingerprint density at radius 1 is 1.00 bits per heavy atom. The summed E-state index contributed by atoms with van der Waals surface area (Å²) >= 11 is 11.9. The van der Waals surface area contributed by atoms with Crippen molar-refractivity contribution in [1.29, 1.82) is 0 Å². The second-order valence-electron chi connectivity index (χ2n) is 5.41. The molecule has 26 heavy (non-hydrogen) atoms. The third-order valence-corrected chi connectivity index (χ3v) is 4.45. The van der Waals surface area contributed by atoms with Gasteiger partial charge in [-0.15, -0.1) is 0 Å². The molecule has 0 heterocycles. The van der Waals surface area contributed by atoms with Crippen LogP contribution in [-0.2, 0) is 6.54 Å². The third kappa shape index (κ3) is 4.45. The average Bonchev–Trinajstić information content (AvgIpc) is 2.63. The van der Waals surface area contributed by atoms with Crippen molar-refractivity contribution in [3.63, 3.8) is 0 Å². The van der Waals surface area contributed by atoms with Crippen LogP contribution in [0.5, 0.6) is 17.2 Å². The number of carbonyl (C=O) groups is 1. The fraction of sp³-hybridized carbons (Fsp3) is 0.278. The van der Waals surface area contributed by atoms with Crippen LogP contribution in [0.15, 0.2) is 30.3 Å². The minimum absolute atomic E-state index is 0.302. The van der Waals surface area contributed by atoms with Crippen LogP contribution in [0.4, 0.5) is 10.5 Å². The molecule has 2 rings (SSSR count). The Morgan fingerprint density at radius 3 is 2.27 bits per heavy atom. The number of nitrogens with zero attached hydrogens (tertiary/aromatic N) is 1. The van der Waals surface area contributed by atoms with Crippen molar-refractivity contribution in [2.45, 2.75) is 6.54 Å². The van der Waals surface area contributed by atoms with Crippen molar-refractivity contribution < 1.29 is 19.0 Å². The first-order valence-electron chi connectivity index (χ1n) is 7.66. The van der Waals surface area contributed by atoms with Gasteiger partial charge in [0.15, 0.2) is 11.5 Å². The van der Waals surface area contributed by atoms with Gasteiger partial charge >= 0.3 is 6.03 Å². The summed E-state index contributed by atoms with van der Waals surface area (Å²) in [7, 11) is 6.29. The van der Waals surface area contributed by atoms with E-state index < -0.39 is 0 Å². The van der Waals surface area contributed by atoms with E-state index in [1.807, 2.05) is 6.07 Å². The number of halogens is 2. The van der Waals surface area contributed by atoms with E-state index in [1.165, 1.54) is 19.1 Å². The summed E-state index contributed by atoms with van der Waals surface area (Å²) in [5.74, 6) is 1.54. The number of hydrogen-bond donors (Lipinski definition) is 1. The predicted molar refractivity (Wildman–Crippen MR) is 103 cm³/mol. The molecule has 0 spiro atoms. The van der Waals surface area contributed by atoms with E-state index in [0.29, 0.717) is 39.5 Å². The molecule has 0 aliphatic carbocycles. The average molecular weight is 399 g/mol. The Bertz CT molecular complexity index is 799. The molecule has 8 heteroatoms. The van der Waals surface area contributed by atoms with Crippen LogP contribution >= 0.6 is 23.2 Å². The van der Waals surface area contributed by atoms with Gasteiger partial charge in [-0.3, -0.25) is 0 Å². The van der Waals surface area contributed by atoms with Crippen LogP contribution in [0.3, 0.4) is 0 Å². The standard InChI is InChI=1S/C18H20Cl2N2O4/c1-22(18(23)21-12-6-7-13(19)14(20)9-12)10-11-5-8-15(24-2)17(26-4)16(11)25-3/h5-9H,10H2,1-4H3,(H,21,23). The lowest BCUT2D eigenvalue weighted by atomic mass is 10.1. The first-order valence-corrected chi connectivity index (χ1v) is 8.41. The van der Waals surface area contributed by atoms with Gasteiger partial charge in [0, 0.05) is 18.3 Å². The Kier molecular flexibility index (Phi) is 6.83. The highest BCUT2D eigenvalue weighted by molar-refractivity contribution is 6.42. The van der Waals surface area contributed by atoms with E-state index >= 15 is 0 Å². The minimum Gasteiger partial charge on any atom is -0.493 e. The number of rotatable bonds is 6. The number of carbonyl (C=O) groups excluding carboxylic acids is 1. The molecule has 6 nitrogen and oxygen atoms in total. The molecule has 0 bridgehead atoms. The largest absolute Gasteiger partial charge is 0.493 e. The van der Waals surface area contributed by atoms with Crippen LogP contribution in [0.1, 0.15) is 5.56 Å². The van der Waals surface area contributed by atoms with Crippen molar-refractivity contribution in [1.82, 2.24) is 4.90 Å². The van der Waals surface area contributed by atoms with Crippen molar-refractivity contribution in [2.75, 3.05) is 33.7 Å². The number of methoxy groups -OCH3 is 3. The highest BCUT2D eigenvalue weighted by Crippen LogP contribution is 2.40. The number of benzene rings is 2. The second kappa shape index (κ2) is 8.87. The SMILES string of the molecule is COc1ccc(CN(C)C(=O)Nc2ccc(Cl)c(Cl)c2)c(OC)c1OC. The van der Waals surface area contributed by atoms with E-state index in [4.69, 9.17) is 37.4 Å². The summed E-state index contributed by atoms with van der Waals surface area (Å²) in [5.41, 5.74) is 1.33. The zero-order chi connectivity index (χ0) is 19.3. The number of nitrogens with one attached hydrogen (secondary N) is 1. The number of amides is 2. The topological polar surface area (TPSA) is 60.0 Å². The molecular formula is C18H20Cl2N2O4. The number of hydrogen-bond acceptors (Lipinski definition) is 4. The fourth-order valence-corrected chi connectivity index (χ4v) is 2.71. The summed E-state index contributed by atoms with van der Waals surface area (Å²) in [4.78, 5) is 13.9. The van der Waals surface area contributed by atoms with Gasteiger partial charge in [0.25, 0.3) is 0 Å². The van der Waals surface area contributed by atoms with Gasteiger partial charge in [-0.1, -0.05) is 23.2 Å². The van der Waals surface area contributed by atoms with Gasteiger partial charge < -0.3 is 24.4 Å². The monoisotopic (exact) mass is 398 g/mol. The smallest absolute Gasteiger partial charge is 0.321 e. The second-order valence-corrected chi connectivity index (χ2v) is 6.22. The fourth-order valence-electron chi connectivity index (χ4n) is 2.41. The third-order valence-electron chi connectivity index (χ3n) is 3.71.